The number of alkyl halides is 5. The summed E-state index contributed by atoms with van der Waals surface area (Å²) in [5, 5.41) is 10.0. The van der Waals surface area contributed by atoms with Crippen molar-refractivity contribution in [1.29, 1.82) is 0 Å². The van der Waals surface area contributed by atoms with E-state index in [-0.39, 0.29) is 28.9 Å². The van der Waals surface area contributed by atoms with Gasteiger partial charge in [-0.1, -0.05) is 0 Å². The van der Waals surface area contributed by atoms with E-state index >= 15 is 0 Å². The van der Waals surface area contributed by atoms with Gasteiger partial charge in [-0.2, -0.15) is 31.7 Å². The molecule has 0 spiro atoms. The summed E-state index contributed by atoms with van der Waals surface area (Å²) in [5.74, 6) is -1.14. The number of nitrogens with one attached hydrogen (secondary N) is 1. The van der Waals surface area contributed by atoms with Crippen LogP contribution in [0.1, 0.15) is 41.5 Å². The summed E-state index contributed by atoms with van der Waals surface area (Å²) in [4.78, 5) is 11.2. The van der Waals surface area contributed by atoms with Crippen LogP contribution in [-0.2, 0) is 19.3 Å². The highest BCUT2D eigenvalue weighted by molar-refractivity contribution is 5.55. The van der Waals surface area contributed by atoms with Crippen molar-refractivity contribution < 1.29 is 22.0 Å². The maximum absolute atomic E-state index is 14.6. The highest BCUT2D eigenvalue weighted by Gasteiger charge is 2.41. The lowest BCUT2D eigenvalue weighted by Crippen LogP contribution is -2.27. The molecule has 3 heterocycles. The second-order valence-corrected chi connectivity index (χ2v) is 6.75. The standard InChI is InChI=1S/C16H15F5N8/c1-8-11(6-29(26-8)16(20,21)13-23-7-28(2)27-13)24-14-22-5-10(15(17,18)19)12(25-14)9-3-4-9/h5-7,9H,3-4H2,1-2H3,(H,22,24,25). The molecule has 3 aromatic rings. The summed E-state index contributed by atoms with van der Waals surface area (Å²) in [6.45, 7) is 1.46. The molecule has 1 saturated carbocycles. The monoisotopic (exact) mass is 414 g/mol. The Morgan fingerprint density at radius 2 is 1.83 bits per heavy atom. The Hall–Kier alpha value is -3.12. The molecule has 0 radical (unpaired) electrons. The van der Waals surface area contributed by atoms with Gasteiger partial charge in [0.25, 0.3) is 0 Å². The molecule has 1 aliphatic carbocycles. The van der Waals surface area contributed by atoms with E-state index in [1.807, 2.05) is 0 Å². The smallest absolute Gasteiger partial charge is 0.321 e. The molecule has 154 valence electrons. The van der Waals surface area contributed by atoms with Crippen molar-refractivity contribution >= 4 is 11.6 Å². The zero-order valence-electron chi connectivity index (χ0n) is 15.2. The third kappa shape index (κ3) is 3.63. The lowest BCUT2D eigenvalue weighted by Gasteiger charge is -2.13. The number of nitrogens with zero attached hydrogens (tertiary/aromatic N) is 7. The van der Waals surface area contributed by atoms with E-state index in [0.717, 1.165) is 17.2 Å². The van der Waals surface area contributed by atoms with Gasteiger partial charge in [0.2, 0.25) is 11.8 Å². The van der Waals surface area contributed by atoms with Gasteiger partial charge in [-0.05, 0) is 19.8 Å². The first kappa shape index (κ1) is 19.2. The molecular weight excluding hydrogens is 399 g/mol. The molecule has 1 fully saturated rings. The summed E-state index contributed by atoms with van der Waals surface area (Å²) in [6, 6.07) is -3.62. The zero-order chi connectivity index (χ0) is 21.0. The van der Waals surface area contributed by atoms with Gasteiger partial charge in [-0.25, -0.2) is 15.0 Å². The largest absolute Gasteiger partial charge is 0.419 e. The van der Waals surface area contributed by atoms with Gasteiger partial charge in [0.15, 0.2) is 0 Å². The van der Waals surface area contributed by atoms with Gasteiger partial charge in [0, 0.05) is 19.2 Å². The number of aromatic nitrogens is 7. The number of halogens is 5. The molecule has 1 aliphatic rings. The van der Waals surface area contributed by atoms with Crippen molar-refractivity contribution in [3.05, 3.63) is 41.5 Å². The molecule has 0 amide bonds. The fraction of sp³-hybridized carbons (Fsp3) is 0.438. The fourth-order valence-corrected chi connectivity index (χ4v) is 2.77. The first-order chi connectivity index (χ1) is 13.6. The van der Waals surface area contributed by atoms with Gasteiger partial charge >= 0.3 is 12.2 Å². The molecule has 0 atom stereocenters. The number of hydrogen-bond donors (Lipinski definition) is 1. The van der Waals surface area contributed by atoms with Crippen LogP contribution in [0, 0.1) is 6.92 Å². The number of anilines is 2. The number of hydrogen-bond acceptors (Lipinski definition) is 6. The minimum atomic E-state index is -4.56. The Morgan fingerprint density at radius 1 is 1.10 bits per heavy atom. The summed E-state index contributed by atoms with van der Waals surface area (Å²) >= 11 is 0. The van der Waals surface area contributed by atoms with E-state index in [2.05, 4.69) is 30.5 Å². The van der Waals surface area contributed by atoms with Gasteiger partial charge in [0.1, 0.15) is 6.33 Å². The van der Waals surface area contributed by atoms with Crippen LogP contribution in [0.2, 0.25) is 0 Å². The predicted octanol–water partition coefficient (Wildman–Crippen LogP) is 3.35. The van der Waals surface area contributed by atoms with Crippen molar-refractivity contribution in [2.75, 3.05) is 5.32 Å². The molecule has 0 saturated heterocycles. The Kier molecular flexibility index (Phi) is 4.28. The van der Waals surface area contributed by atoms with Crippen LogP contribution >= 0.6 is 0 Å². The van der Waals surface area contributed by atoms with Crippen LogP contribution in [-0.4, -0.2) is 34.5 Å². The molecule has 0 unspecified atom stereocenters. The van der Waals surface area contributed by atoms with Gasteiger partial charge < -0.3 is 5.32 Å². The second kappa shape index (κ2) is 6.46. The van der Waals surface area contributed by atoms with Crippen molar-refractivity contribution in [2.24, 2.45) is 7.05 Å². The summed E-state index contributed by atoms with van der Waals surface area (Å²) < 4.78 is 70.1. The van der Waals surface area contributed by atoms with Gasteiger partial charge in [-0.3, -0.25) is 4.68 Å². The molecule has 3 aromatic heterocycles. The molecular formula is C16H15F5N8. The number of rotatable bonds is 5. The third-order valence-corrected chi connectivity index (χ3v) is 4.39. The third-order valence-electron chi connectivity index (χ3n) is 4.39. The maximum Gasteiger partial charge on any atom is 0.419 e. The summed E-state index contributed by atoms with van der Waals surface area (Å²) in [7, 11) is 1.45. The summed E-state index contributed by atoms with van der Waals surface area (Å²) in [6.07, 6.45) is -0.499. The number of aryl methyl sites for hydroxylation is 2. The SMILES string of the molecule is Cc1nn(C(F)(F)c2ncn(C)n2)cc1Nc1ncc(C(F)(F)F)c(C2CC2)n1. The molecule has 8 nitrogen and oxygen atoms in total. The first-order valence-corrected chi connectivity index (χ1v) is 8.57. The van der Waals surface area contributed by atoms with Crippen molar-refractivity contribution in [3.8, 4) is 0 Å². The Labute approximate surface area is 160 Å². The van der Waals surface area contributed by atoms with Crippen molar-refractivity contribution in [3.63, 3.8) is 0 Å². The molecule has 13 heteroatoms. The van der Waals surface area contributed by atoms with E-state index in [4.69, 9.17) is 0 Å². The lowest BCUT2D eigenvalue weighted by atomic mass is 10.1. The van der Waals surface area contributed by atoms with Crippen LogP contribution < -0.4 is 5.32 Å². The maximum atomic E-state index is 14.6. The minimum Gasteiger partial charge on any atom is -0.321 e. The normalized spacial score (nSPS) is 15.0. The highest BCUT2D eigenvalue weighted by Crippen LogP contribution is 2.45. The highest BCUT2D eigenvalue weighted by atomic mass is 19.4. The van der Waals surface area contributed by atoms with E-state index in [9.17, 15) is 22.0 Å². The Morgan fingerprint density at radius 3 is 2.41 bits per heavy atom. The molecule has 4 rings (SSSR count). The fourth-order valence-electron chi connectivity index (χ4n) is 2.77. The quantitative estimate of drug-likeness (QED) is 0.645. The van der Waals surface area contributed by atoms with Gasteiger partial charge in [0.05, 0.1) is 28.8 Å². The van der Waals surface area contributed by atoms with Crippen LogP contribution in [0.5, 0.6) is 0 Å². The van der Waals surface area contributed by atoms with E-state index in [1.165, 1.54) is 14.0 Å². The zero-order valence-corrected chi connectivity index (χ0v) is 15.2. The van der Waals surface area contributed by atoms with Crippen LogP contribution in [0.4, 0.5) is 33.6 Å². The Bertz CT molecular complexity index is 1050. The molecule has 0 bridgehead atoms. The average molecular weight is 414 g/mol. The minimum absolute atomic E-state index is 0.0944. The van der Waals surface area contributed by atoms with Crippen molar-refractivity contribution in [2.45, 2.75) is 37.9 Å². The predicted molar refractivity (Wildman–Crippen MR) is 89.6 cm³/mol. The van der Waals surface area contributed by atoms with Crippen LogP contribution in [0.15, 0.2) is 18.7 Å². The van der Waals surface area contributed by atoms with Crippen molar-refractivity contribution in [1.82, 2.24) is 34.5 Å². The molecule has 29 heavy (non-hydrogen) atoms. The van der Waals surface area contributed by atoms with Gasteiger partial charge in [-0.15, -0.1) is 5.10 Å². The first-order valence-electron chi connectivity index (χ1n) is 8.57. The average Bonchev–Trinajstić information content (AvgIpc) is 3.29. The Balaban J connectivity index is 1.63. The lowest BCUT2D eigenvalue weighted by molar-refractivity contribution is -0.138. The summed E-state index contributed by atoms with van der Waals surface area (Å²) in [5.41, 5.74) is -0.673. The van der Waals surface area contributed by atoms with E-state index in [0.29, 0.717) is 23.7 Å². The van der Waals surface area contributed by atoms with E-state index in [1.54, 1.807) is 0 Å². The molecule has 0 aromatic carbocycles. The topological polar surface area (TPSA) is 86.3 Å². The second-order valence-electron chi connectivity index (χ2n) is 6.75. The van der Waals surface area contributed by atoms with Crippen LogP contribution in [0.3, 0.4) is 0 Å². The van der Waals surface area contributed by atoms with Crippen LogP contribution in [0.25, 0.3) is 0 Å². The molecule has 0 aliphatic heterocycles. The van der Waals surface area contributed by atoms with E-state index < -0.39 is 23.6 Å². The molecule has 1 N–H and O–H groups in total.